The van der Waals surface area contributed by atoms with Crippen LogP contribution in [0.15, 0.2) is 52.0 Å². The molecule has 172 valence electrons. The van der Waals surface area contributed by atoms with Gasteiger partial charge in [-0.1, -0.05) is 29.8 Å². The molecule has 4 rings (SSSR count). The van der Waals surface area contributed by atoms with E-state index in [2.05, 4.69) is 10.5 Å². The van der Waals surface area contributed by atoms with Crippen LogP contribution in [0, 0.1) is 0 Å². The number of carbonyl (C=O) groups is 1. The molecule has 0 unspecified atom stereocenters. The Morgan fingerprint density at radius 3 is 2.76 bits per heavy atom. The van der Waals surface area contributed by atoms with Crippen LogP contribution >= 0.6 is 11.6 Å². The summed E-state index contributed by atoms with van der Waals surface area (Å²) in [5, 5.41) is 6.23. The van der Waals surface area contributed by atoms with Gasteiger partial charge in [0, 0.05) is 47.8 Å². The van der Waals surface area contributed by atoms with Crippen LogP contribution < -0.4 is 14.9 Å². The van der Waals surface area contributed by atoms with Gasteiger partial charge in [-0.05, 0) is 13.0 Å². The van der Waals surface area contributed by atoms with Crippen molar-refractivity contribution in [1.29, 1.82) is 0 Å². The molecular weight excluding hydrogens is 446 g/mol. The molecule has 0 spiro atoms. The van der Waals surface area contributed by atoms with E-state index in [9.17, 15) is 4.79 Å². The van der Waals surface area contributed by atoms with Crippen molar-refractivity contribution in [1.82, 2.24) is 9.99 Å². The van der Waals surface area contributed by atoms with Gasteiger partial charge in [0.15, 0.2) is 5.76 Å². The number of para-hydroxylation sites is 1. The topological polar surface area (TPSA) is 87.2 Å². The standard InChI is InChI=1S/C24H24ClN3O5/c1-4-32-10-9-28-19-8-6-5-7-16(19)18(23(28)25)14-26-27-24(29)22-13-17-20(31-3)11-15(30-2)12-21(17)33-22/h5-8,11-14H,4,9-10H2,1-3H3,(H,27,29)/b26-14+. The molecular formula is C24H24ClN3O5. The third kappa shape index (κ3) is 4.53. The molecule has 0 aliphatic heterocycles. The van der Waals surface area contributed by atoms with Gasteiger partial charge in [-0.3, -0.25) is 4.79 Å². The lowest BCUT2D eigenvalue weighted by molar-refractivity contribution is 0.0929. The summed E-state index contributed by atoms with van der Waals surface area (Å²) >= 11 is 6.64. The minimum Gasteiger partial charge on any atom is -0.496 e. The first kappa shape index (κ1) is 22.7. The van der Waals surface area contributed by atoms with Crippen molar-refractivity contribution < 1.29 is 23.4 Å². The summed E-state index contributed by atoms with van der Waals surface area (Å²) in [6, 6.07) is 12.8. The van der Waals surface area contributed by atoms with Crippen molar-refractivity contribution in [2.45, 2.75) is 13.5 Å². The number of fused-ring (bicyclic) bond motifs is 2. The number of furan rings is 1. The fraction of sp³-hybridized carbons (Fsp3) is 0.250. The number of halogens is 1. The molecule has 2 aromatic carbocycles. The third-order valence-corrected chi connectivity index (χ3v) is 5.63. The van der Waals surface area contributed by atoms with Gasteiger partial charge in [-0.15, -0.1) is 0 Å². The summed E-state index contributed by atoms with van der Waals surface area (Å²) in [4.78, 5) is 12.6. The maximum atomic E-state index is 12.6. The molecule has 2 aromatic heterocycles. The zero-order chi connectivity index (χ0) is 23.4. The highest BCUT2D eigenvalue weighted by molar-refractivity contribution is 6.34. The van der Waals surface area contributed by atoms with Crippen molar-refractivity contribution in [2.24, 2.45) is 5.10 Å². The average Bonchev–Trinajstić information content (AvgIpc) is 3.38. The van der Waals surface area contributed by atoms with Crippen molar-refractivity contribution in [3.63, 3.8) is 0 Å². The van der Waals surface area contributed by atoms with Crippen LogP contribution in [0.2, 0.25) is 5.15 Å². The first-order valence-corrected chi connectivity index (χ1v) is 10.8. The summed E-state index contributed by atoms with van der Waals surface area (Å²) in [5.41, 5.74) is 4.65. The number of ether oxygens (including phenoxy) is 3. The Morgan fingerprint density at radius 1 is 1.18 bits per heavy atom. The van der Waals surface area contributed by atoms with Gasteiger partial charge in [-0.2, -0.15) is 5.10 Å². The molecule has 0 radical (unpaired) electrons. The Bertz CT molecular complexity index is 1320. The number of hydrogen-bond acceptors (Lipinski definition) is 6. The zero-order valence-corrected chi connectivity index (χ0v) is 19.3. The van der Waals surface area contributed by atoms with E-state index < -0.39 is 5.91 Å². The van der Waals surface area contributed by atoms with E-state index in [1.807, 2.05) is 35.8 Å². The maximum Gasteiger partial charge on any atom is 0.307 e. The molecule has 0 atom stereocenters. The smallest absolute Gasteiger partial charge is 0.307 e. The second-order valence-corrected chi connectivity index (χ2v) is 7.48. The number of aromatic nitrogens is 1. The molecule has 1 amide bonds. The Morgan fingerprint density at radius 2 is 2.00 bits per heavy atom. The summed E-state index contributed by atoms with van der Waals surface area (Å²) in [6.07, 6.45) is 1.53. The molecule has 0 bridgehead atoms. The number of hydrazone groups is 1. The van der Waals surface area contributed by atoms with Gasteiger partial charge in [0.25, 0.3) is 0 Å². The lowest BCUT2D eigenvalue weighted by Gasteiger charge is -2.06. The number of hydrogen-bond donors (Lipinski definition) is 1. The van der Waals surface area contributed by atoms with Crippen molar-refractivity contribution >= 4 is 45.6 Å². The van der Waals surface area contributed by atoms with Gasteiger partial charge in [0.1, 0.15) is 22.2 Å². The highest BCUT2D eigenvalue weighted by Gasteiger charge is 2.17. The predicted octanol–water partition coefficient (Wildman–Crippen LogP) is 4.86. The number of nitrogens with one attached hydrogen (secondary N) is 1. The fourth-order valence-electron chi connectivity index (χ4n) is 3.63. The number of nitrogens with zero attached hydrogens (tertiary/aromatic N) is 2. The SMILES string of the molecule is CCOCCn1c(Cl)c(/C=N/NC(=O)c2cc3c(OC)cc(OC)cc3o2)c2ccccc21. The van der Waals surface area contributed by atoms with Gasteiger partial charge >= 0.3 is 5.91 Å². The number of methoxy groups -OCH3 is 2. The average molecular weight is 470 g/mol. The number of amides is 1. The quantitative estimate of drug-likeness (QED) is 0.215. The molecule has 4 aromatic rings. The lowest BCUT2D eigenvalue weighted by Crippen LogP contribution is -2.16. The monoisotopic (exact) mass is 469 g/mol. The first-order chi connectivity index (χ1) is 16.1. The Balaban J connectivity index is 1.57. The molecule has 0 saturated heterocycles. The fourth-order valence-corrected chi connectivity index (χ4v) is 3.96. The van der Waals surface area contributed by atoms with Gasteiger partial charge < -0.3 is 23.2 Å². The van der Waals surface area contributed by atoms with Gasteiger partial charge in [-0.25, -0.2) is 5.43 Å². The van der Waals surface area contributed by atoms with Crippen LogP contribution in [0.3, 0.4) is 0 Å². The van der Waals surface area contributed by atoms with Gasteiger partial charge in [0.2, 0.25) is 0 Å². The first-order valence-electron chi connectivity index (χ1n) is 10.4. The van der Waals surface area contributed by atoms with Crippen LogP contribution in [-0.2, 0) is 11.3 Å². The number of rotatable bonds is 9. The molecule has 2 heterocycles. The Hall–Kier alpha value is -3.49. The Labute approximate surface area is 195 Å². The molecule has 8 nitrogen and oxygen atoms in total. The van der Waals surface area contributed by atoms with Crippen molar-refractivity contribution in [3.05, 3.63) is 58.9 Å². The minimum absolute atomic E-state index is 0.0962. The van der Waals surface area contributed by atoms with Crippen molar-refractivity contribution in [2.75, 3.05) is 27.4 Å². The molecule has 1 N–H and O–H groups in total. The van der Waals surface area contributed by atoms with Crippen LogP contribution in [-0.4, -0.2) is 44.1 Å². The molecule has 33 heavy (non-hydrogen) atoms. The predicted molar refractivity (Wildman–Crippen MR) is 128 cm³/mol. The highest BCUT2D eigenvalue weighted by Crippen LogP contribution is 2.33. The van der Waals surface area contributed by atoms with E-state index >= 15 is 0 Å². The van der Waals surface area contributed by atoms with E-state index in [4.69, 9.17) is 30.2 Å². The van der Waals surface area contributed by atoms with E-state index in [0.29, 0.717) is 52.9 Å². The second kappa shape index (κ2) is 9.97. The van der Waals surface area contributed by atoms with Crippen molar-refractivity contribution in [3.8, 4) is 11.5 Å². The number of benzene rings is 2. The van der Waals surface area contributed by atoms with Crippen LogP contribution in [0.4, 0.5) is 0 Å². The third-order valence-electron chi connectivity index (χ3n) is 5.22. The normalized spacial score (nSPS) is 11.5. The number of carbonyl (C=O) groups excluding carboxylic acids is 1. The Kier molecular flexibility index (Phi) is 6.86. The molecule has 0 aliphatic rings. The summed E-state index contributed by atoms with van der Waals surface area (Å²) < 4.78 is 23.7. The molecule has 0 saturated carbocycles. The second-order valence-electron chi connectivity index (χ2n) is 7.12. The van der Waals surface area contributed by atoms with Crippen LogP contribution in [0.5, 0.6) is 11.5 Å². The molecule has 0 fully saturated rings. The zero-order valence-electron chi connectivity index (χ0n) is 18.6. The van der Waals surface area contributed by atoms with E-state index in [1.165, 1.54) is 6.21 Å². The lowest BCUT2D eigenvalue weighted by atomic mass is 10.2. The summed E-state index contributed by atoms with van der Waals surface area (Å²) in [5.74, 6) is 0.704. The summed E-state index contributed by atoms with van der Waals surface area (Å²) in [6.45, 7) is 3.74. The van der Waals surface area contributed by atoms with Gasteiger partial charge in [0.05, 0.1) is 32.4 Å². The highest BCUT2D eigenvalue weighted by atomic mass is 35.5. The molecule has 0 aliphatic carbocycles. The maximum absolute atomic E-state index is 12.6. The molecule has 9 heteroatoms. The summed E-state index contributed by atoms with van der Waals surface area (Å²) in [7, 11) is 3.09. The minimum atomic E-state index is -0.500. The van der Waals surface area contributed by atoms with Crippen LogP contribution in [0.25, 0.3) is 21.9 Å². The van der Waals surface area contributed by atoms with E-state index in [1.54, 1.807) is 32.4 Å². The van der Waals surface area contributed by atoms with Crippen LogP contribution in [0.1, 0.15) is 23.0 Å². The van der Waals surface area contributed by atoms with E-state index in [0.717, 1.165) is 10.9 Å². The largest absolute Gasteiger partial charge is 0.496 e. The van der Waals surface area contributed by atoms with E-state index in [-0.39, 0.29) is 5.76 Å².